The molecule has 2 aromatic carbocycles. The number of rotatable bonds is 6. The molecule has 3 aromatic rings. The summed E-state index contributed by atoms with van der Waals surface area (Å²) < 4.78 is 54.1. The largest absolute Gasteiger partial charge is 0.376 e. The highest BCUT2D eigenvalue weighted by atomic mass is 32.2. The summed E-state index contributed by atoms with van der Waals surface area (Å²) in [4.78, 5) is 19.6. The second kappa shape index (κ2) is 10.1. The lowest BCUT2D eigenvalue weighted by Crippen LogP contribution is -2.48. The lowest BCUT2D eigenvalue weighted by Gasteiger charge is -2.34. The fourth-order valence-corrected chi connectivity index (χ4v) is 7.24. The first-order valence-electron chi connectivity index (χ1n) is 12.0. The van der Waals surface area contributed by atoms with Crippen LogP contribution in [-0.4, -0.2) is 68.2 Å². The predicted octanol–water partition coefficient (Wildman–Crippen LogP) is 4.06. The summed E-state index contributed by atoms with van der Waals surface area (Å²) in [6, 6.07) is 10.7. The van der Waals surface area contributed by atoms with Crippen molar-refractivity contribution in [2.75, 3.05) is 31.1 Å². The van der Waals surface area contributed by atoms with Gasteiger partial charge in [-0.1, -0.05) is 17.4 Å². The Morgan fingerprint density at radius 2 is 1.89 bits per heavy atom. The van der Waals surface area contributed by atoms with E-state index in [1.807, 2.05) is 13.8 Å². The van der Waals surface area contributed by atoms with E-state index in [1.54, 1.807) is 12.1 Å². The standard InChI is InChI=1S/C25H28FN3O5S2/c1-16-13-28(14-17(2)34-16)36(31,32)20-10-8-18(9-11-20)24(30)29(15-19-5-4-12-33-19)25-27-23-21(26)6-3-7-22(23)35-25/h3,6-11,16-17,19H,4-5,12-15H2,1-2H3. The van der Waals surface area contributed by atoms with Crippen LogP contribution in [0.15, 0.2) is 47.4 Å². The van der Waals surface area contributed by atoms with Crippen LogP contribution in [0.4, 0.5) is 9.52 Å². The van der Waals surface area contributed by atoms with Gasteiger partial charge < -0.3 is 9.47 Å². The molecule has 0 N–H and O–H groups in total. The van der Waals surface area contributed by atoms with Gasteiger partial charge in [-0.2, -0.15) is 4.31 Å². The highest BCUT2D eigenvalue weighted by molar-refractivity contribution is 7.89. The molecule has 3 heterocycles. The number of benzene rings is 2. The molecule has 192 valence electrons. The van der Waals surface area contributed by atoms with Crippen molar-refractivity contribution in [3.05, 3.63) is 53.8 Å². The molecule has 1 aromatic heterocycles. The molecular formula is C25H28FN3O5S2. The number of carbonyl (C=O) groups is 1. The number of anilines is 1. The van der Waals surface area contributed by atoms with E-state index >= 15 is 0 Å². The van der Waals surface area contributed by atoms with Gasteiger partial charge in [0.1, 0.15) is 11.3 Å². The van der Waals surface area contributed by atoms with Gasteiger partial charge in [0.25, 0.3) is 5.91 Å². The van der Waals surface area contributed by atoms with Crippen molar-refractivity contribution < 1.29 is 27.1 Å². The van der Waals surface area contributed by atoms with Gasteiger partial charge in [-0.15, -0.1) is 0 Å². The molecule has 11 heteroatoms. The number of fused-ring (bicyclic) bond motifs is 1. The van der Waals surface area contributed by atoms with E-state index in [-0.39, 0.29) is 54.3 Å². The van der Waals surface area contributed by atoms with E-state index in [0.717, 1.165) is 12.8 Å². The fraction of sp³-hybridized carbons (Fsp3) is 0.440. The average molecular weight is 534 g/mol. The Labute approximate surface area is 213 Å². The van der Waals surface area contributed by atoms with Gasteiger partial charge in [-0.3, -0.25) is 9.69 Å². The maximum absolute atomic E-state index is 14.3. The number of morpholine rings is 1. The van der Waals surface area contributed by atoms with Crippen molar-refractivity contribution in [2.24, 2.45) is 0 Å². The zero-order valence-corrected chi connectivity index (χ0v) is 21.7. The van der Waals surface area contributed by atoms with Gasteiger partial charge in [-0.25, -0.2) is 17.8 Å². The molecule has 3 unspecified atom stereocenters. The monoisotopic (exact) mass is 533 g/mol. The summed E-state index contributed by atoms with van der Waals surface area (Å²) in [6.45, 7) is 5.15. The number of amides is 1. The molecule has 2 aliphatic rings. The minimum absolute atomic E-state index is 0.119. The molecule has 0 spiro atoms. The summed E-state index contributed by atoms with van der Waals surface area (Å²) >= 11 is 1.24. The molecule has 1 amide bonds. The number of carbonyl (C=O) groups excluding carboxylic acids is 1. The Morgan fingerprint density at radius 3 is 2.53 bits per heavy atom. The van der Waals surface area contributed by atoms with E-state index in [4.69, 9.17) is 9.47 Å². The topological polar surface area (TPSA) is 89.0 Å². The number of hydrogen-bond acceptors (Lipinski definition) is 7. The first-order chi connectivity index (χ1) is 17.2. The Hall–Kier alpha value is -2.44. The molecule has 0 radical (unpaired) electrons. The van der Waals surface area contributed by atoms with Crippen LogP contribution in [0, 0.1) is 5.82 Å². The summed E-state index contributed by atoms with van der Waals surface area (Å²) in [5, 5.41) is 0.378. The fourth-order valence-electron chi connectivity index (χ4n) is 4.66. The smallest absolute Gasteiger partial charge is 0.260 e. The predicted molar refractivity (Wildman–Crippen MR) is 135 cm³/mol. The van der Waals surface area contributed by atoms with Crippen LogP contribution in [-0.2, 0) is 19.5 Å². The summed E-state index contributed by atoms with van der Waals surface area (Å²) in [5.74, 6) is -0.789. The number of hydrogen-bond donors (Lipinski definition) is 0. The van der Waals surface area contributed by atoms with Crippen molar-refractivity contribution in [2.45, 2.75) is 49.9 Å². The first-order valence-corrected chi connectivity index (χ1v) is 14.2. The lowest BCUT2D eigenvalue weighted by molar-refractivity contribution is -0.0440. The first kappa shape index (κ1) is 25.2. The van der Waals surface area contributed by atoms with Crippen LogP contribution >= 0.6 is 11.3 Å². The Bertz CT molecular complexity index is 1350. The van der Waals surface area contributed by atoms with Gasteiger partial charge in [-0.05, 0) is 63.1 Å². The van der Waals surface area contributed by atoms with Crippen molar-refractivity contribution in [1.82, 2.24) is 9.29 Å². The molecule has 3 atom stereocenters. The molecule has 2 saturated heterocycles. The van der Waals surface area contributed by atoms with Crippen LogP contribution < -0.4 is 4.90 Å². The van der Waals surface area contributed by atoms with E-state index in [2.05, 4.69) is 4.98 Å². The third-order valence-electron chi connectivity index (χ3n) is 6.37. The van der Waals surface area contributed by atoms with Gasteiger partial charge >= 0.3 is 0 Å². The zero-order chi connectivity index (χ0) is 25.4. The number of thiazole rings is 1. The normalized spacial score (nSPS) is 23.2. The highest BCUT2D eigenvalue weighted by Gasteiger charge is 2.33. The Balaban J connectivity index is 1.43. The molecule has 0 saturated carbocycles. The third kappa shape index (κ3) is 5.03. The van der Waals surface area contributed by atoms with Crippen LogP contribution in [0.5, 0.6) is 0 Å². The highest BCUT2D eigenvalue weighted by Crippen LogP contribution is 2.32. The van der Waals surface area contributed by atoms with Crippen LogP contribution in [0.2, 0.25) is 0 Å². The van der Waals surface area contributed by atoms with Crippen LogP contribution in [0.3, 0.4) is 0 Å². The quantitative estimate of drug-likeness (QED) is 0.475. The number of ether oxygens (including phenoxy) is 2. The minimum atomic E-state index is -3.73. The van der Waals surface area contributed by atoms with Crippen molar-refractivity contribution >= 4 is 42.6 Å². The zero-order valence-electron chi connectivity index (χ0n) is 20.1. The average Bonchev–Trinajstić information content (AvgIpc) is 3.52. The Kier molecular flexibility index (Phi) is 7.10. The molecule has 8 nitrogen and oxygen atoms in total. The summed E-state index contributed by atoms with van der Waals surface area (Å²) in [7, 11) is -3.73. The third-order valence-corrected chi connectivity index (χ3v) is 9.26. The number of aromatic nitrogens is 1. The molecule has 36 heavy (non-hydrogen) atoms. The van der Waals surface area contributed by atoms with Gasteiger partial charge in [0.2, 0.25) is 10.0 Å². The van der Waals surface area contributed by atoms with E-state index < -0.39 is 15.8 Å². The van der Waals surface area contributed by atoms with Gasteiger partial charge in [0, 0.05) is 25.3 Å². The maximum Gasteiger partial charge on any atom is 0.260 e. The summed E-state index contributed by atoms with van der Waals surface area (Å²) in [5.41, 5.74) is 0.536. The maximum atomic E-state index is 14.3. The molecular weight excluding hydrogens is 505 g/mol. The molecule has 2 fully saturated rings. The second-order valence-corrected chi connectivity index (χ2v) is 12.2. The molecule has 5 rings (SSSR count). The van der Waals surface area contributed by atoms with Crippen LogP contribution in [0.1, 0.15) is 37.0 Å². The van der Waals surface area contributed by atoms with Gasteiger partial charge in [0.05, 0.1) is 34.5 Å². The molecule has 2 aliphatic heterocycles. The molecule has 0 aliphatic carbocycles. The van der Waals surface area contributed by atoms with Crippen molar-refractivity contribution in [1.29, 1.82) is 0 Å². The van der Waals surface area contributed by atoms with E-state index in [0.29, 0.717) is 22.0 Å². The number of sulfonamides is 1. The SMILES string of the molecule is CC1CN(S(=O)(=O)c2ccc(C(=O)N(CC3CCCO3)c3nc4c(F)cccc4s3)cc2)CC(C)O1. The molecule has 0 bridgehead atoms. The Morgan fingerprint density at radius 1 is 1.17 bits per heavy atom. The van der Waals surface area contributed by atoms with Crippen molar-refractivity contribution in [3.63, 3.8) is 0 Å². The van der Waals surface area contributed by atoms with Gasteiger partial charge in [0.15, 0.2) is 5.13 Å². The van der Waals surface area contributed by atoms with E-state index in [9.17, 15) is 17.6 Å². The van der Waals surface area contributed by atoms with Crippen molar-refractivity contribution in [3.8, 4) is 0 Å². The van der Waals surface area contributed by atoms with E-state index in [1.165, 1.54) is 50.9 Å². The minimum Gasteiger partial charge on any atom is -0.376 e. The number of halogens is 1. The second-order valence-electron chi connectivity index (χ2n) is 9.24. The number of nitrogens with zero attached hydrogens (tertiary/aromatic N) is 3. The number of para-hydroxylation sites is 1. The summed E-state index contributed by atoms with van der Waals surface area (Å²) in [6.07, 6.45) is 1.18. The lowest BCUT2D eigenvalue weighted by atomic mass is 10.2. The van der Waals surface area contributed by atoms with Crippen LogP contribution in [0.25, 0.3) is 10.2 Å².